The van der Waals surface area contributed by atoms with Gasteiger partial charge < -0.3 is 9.74 Å². The highest BCUT2D eigenvalue weighted by molar-refractivity contribution is 6.30. The molecule has 6 heteroatoms. The van der Waals surface area contributed by atoms with Crippen molar-refractivity contribution in [3.8, 4) is 0 Å². The van der Waals surface area contributed by atoms with E-state index in [2.05, 4.69) is 32.9 Å². The molecule has 3 rings (SSSR count). The minimum atomic E-state index is 0.458. The maximum Gasteiger partial charge on any atom is 0.128 e. The number of hydrogen-bond acceptors (Lipinski definition) is 5. The molecule has 1 fully saturated rings. The highest BCUT2D eigenvalue weighted by atomic mass is 35.5. The quantitative estimate of drug-likeness (QED) is 0.573. The van der Waals surface area contributed by atoms with E-state index in [0.29, 0.717) is 6.04 Å². The summed E-state index contributed by atoms with van der Waals surface area (Å²) in [6.07, 6.45) is 2.69. The van der Waals surface area contributed by atoms with Gasteiger partial charge in [-0.2, -0.15) is 0 Å². The normalized spacial score (nSPS) is 18.8. The van der Waals surface area contributed by atoms with Gasteiger partial charge in [-0.25, -0.2) is 4.98 Å². The van der Waals surface area contributed by atoms with Crippen molar-refractivity contribution < 1.29 is 4.84 Å². The number of rotatable bonds is 6. The third-order valence-electron chi connectivity index (χ3n) is 4.75. The summed E-state index contributed by atoms with van der Waals surface area (Å²) in [5, 5.41) is 4.95. The number of anilines is 1. The Morgan fingerprint density at radius 2 is 2.04 bits per heavy atom. The molecule has 1 unspecified atom stereocenters. The Balaban J connectivity index is 1.58. The third-order valence-corrected chi connectivity index (χ3v) is 5.01. The number of oxime groups is 1. The molecule has 2 heterocycles. The first kappa shape index (κ1) is 18.7. The van der Waals surface area contributed by atoms with Crippen molar-refractivity contribution in [2.75, 3.05) is 38.2 Å². The number of nitrogens with zero attached hydrogens (tertiary/aromatic N) is 4. The lowest BCUT2D eigenvalue weighted by Gasteiger charge is -2.40. The molecule has 1 aromatic heterocycles. The van der Waals surface area contributed by atoms with E-state index >= 15 is 0 Å². The summed E-state index contributed by atoms with van der Waals surface area (Å²) >= 11 is 5.99. The van der Waals surface area contributed by atoms with E-state index in [-0.39, 0.29) is 0 Å². The van der Waals surface area contributed by atoms with Crippen molar-refractivity contribution >= 4 is 23.1 Å². The van der Waals surface area contributed by atoms with Crippen molar-refractivity contribution in [3.63, 3.8) is 0 Å². The topological polar surface area (TPSA) is 41.0 Å². The Morgan fingerprint density at radius 1 is 1.23 bits per heavy atom. The smallest absolute Gasteiger partial charge is 0.128 e. The van der Waals surface area contributed by atoms with E-state index in [1.54, 1.807) is 7.11 Å². The molecular formula is C20H25ClN4O. The molecule has 1 aliphatic heterocycles. The standard InChI is InChI=1S/C20H25ClN4O/c1-16-15-25(20-5-3-4-11-22-20)14-13-24(16)12-10-19(23-26-2)17-6-8-18(21)9-7-17/h3-9,11,16H,10,12-15H2,1-2H3/b23-19+. The van der Waals surface area contributed by atoms with Gasteiger partial charge in [0.15, 0.2) is 0 Å². The molecule has 5 nitrogen and oxygen atoms in total. The average Bonchev–Trinajstić information content (AvgIpc) is 2.67. The zero-order valence-electron chi connectivity index (χ0n) is 15.3. The van der Waals surface area contributed by atoms with Crippen LogP contribution in [-0.2, 0) is 4.84 Å². The molecule has 26 heavy (non-hydrogen) atoms. The van der Waals surface area contributed by atoms with Crippen LogP contribution in [0.2, 0.25) is 5.02 Å². The zero-order valence-corrected chi connectivity index (χ0v) is 16.1. The van der Waals surface area contributed by atoms with Crippen LogP contribution in [0.3, 0.4) is 0 Å². The minimum Gasteiger partial charge on any atom is -0.399 e. The summed E-state index contributed by atoms with van der Waals surface area (Å²) in [5.41, 5.74) is 2.00. The van der Waals surface area contributed by atoms with Gasteiger partial charge >= 0.3 is 0 Å². The van der Waals surface area contributed by atoms with Gasteiger partial charge in [0.05, 0.1) is 5.71 Å². The SMILES string of the molecule is CO/N=C(\CCN1CCN(c2ccccn2)CC1C)c1ccc(Cl)cc1. The van der Waals surface area contributed by atoms with Gasteiger partial charge in [0.1, 0.15) is 12.9 Å². The molecule has 2 aromatic rings. The predicted molar refractivity (Wildman–Crippen MR) is 107 cm³/mol. The highest BCUT2D eigenvalue weighted by Gasteiger charge is 2.24. The van der Waals surface area contributed by atoms with Gasteiger partial charge in [-0.15, -0.1) is 0 Å². The van der Waals surface area contributed by atoms with Crippen LogP contribution in [0.1, 0.15) is 18.9 Å². The van der Waals surface area contributed by atoms with Crippen LogP contribution in [0.5, 0.6) is 0 Å². The van der Waals surface area contributed by atoms with Crippen LogP contribution < -0.4 is 4.90 Å². The third kappa shape index (κ3) is 4.74. The zero-order chi connectivity index (χ0) is 18.4. The Bertz CT molecular complexity index is 720. The maximum absolute atomic E-state index is 5.99. The molecule has 0 aliphatic carbocycles. The van der Waals surface area contributed by atoms with Crippen LogP contribution in [-0.4, -0.2) is 54.9 Å². The average molecular weight is 373 g/mol. The van der Waals surface area contributed by atoms with Crippen molar-refractivity contribution in [1.82, 2.24) is 9.88 Å². The van der Waals surface area contributed by atoms with Crippen molar-refractivity contribution in [2.24, 2.45) is 5.16 Å². The lowest BCUT2D eigenvalue weighted by Crippen LogP contribution is -2.52. The summed E-state index contributed by atoms with van der Waals surface area (Å²) in [6.45, 7) is 6.19. The summed E-state index contributed by atoms with van der Waals surface area (Å²) in [5.74, 6) is 1.06. The van der Waals surface area contributed by atoms with Gasteiger partial charge in [0.2, 0.25) is 0 Å². The van der Waals surface area contributed by atoms with Crippen LogP contribution in [0.25, 0.3) is 0 Å². The first-order valence-electron chi connectivity index (χ1n) is 8.93. The van der Waals surface area contributed by atoms with Crippen LogP contribution in [0.15, 0.2) is 53.8 Å². The lowest BCUT2D eigenvalue weighted by atomic mass is 10.1. The maximum atomic E-state index is 5.99. The molecule has 0 N–H and O–H groups in total. The van der Waals surface area contributed by atoms with Crippen molar-refractivity contribution in [2.45, 2.75) is 19.4 Å². The van der Waals surface area contributed by atoms with Crippen LogP contribution in [0.4, 0.5) is 5.82 Å². The van der Waals surface area contributed by atoms with E-state index in [1.165, 1.54) is 0 Å². The second kappa shape index (κ2) is 9.01. The summed E-state index contributed by atoms with van der Waals surface area (Å²) in [4.78, 5) is 14.4. The first-order valence-corrected chi connectivity index (χ1v) is 9.31. The number of halogens is 1. The second-order valence-electron chi connectivity index (χ2n) is 6.50. The number of hydrogen-bond donors (Lipinski definition) is 0. The predicted octanol–water partition coefficient (Wildman–Crippen LogP) is 3.69. The summed E-state index contributed by atoms with van der Waals surface area (Å²) in [6, 6.07) is 14.3. The fraction of sp³-hybridized carbons (Fsp3) is 0.400. The summed E-state index contributed by atoms with van der Waals surface area (Å²) in [7, 11) is 1.59. The van der Waals surface area contributed by atoms with E-state index in [1.807, 2.05) is 42.6 Å². The van der Waals surface area contributed by atoms with Gasteiger partial charge in [0.25, 0.3) is 0 Å². The molecular weight excluding hydrogens is 348 g/mol. The molecule has 0 saturated carbocycles. The van der Waals surface area contributed by atoms with Crippen LogP contribution >= 0.6 is 11.6 Å². The van der Waals surface area contributed by atoms with E-state index in [0.717, 1.165) is 54.7 Å². The number of pyridine rings is 1. The molecule has 1 saturated heterocycles. The Morgan fingerprint density at radius 3 is 2.69 bits per heavy atom. The van der Waals surface area contributed by atoms with Gasteiger partial charge in [-0.3, -0.25) is 4.90 Å². The lowest BCUT2D eigenvalue weighted by molar-refractivity contribution is 0.190. The number of aromatic nitrogens is 1. The largest absolute Gasteiger partial charge is 0.399 e. The number of piperazine rings is 1. The van der Waals surface area contributed by atoms with Gasteiger partial charge in [-0.1, -0.05) is 35.0 Å². The molecule has 1 aliphatic rings. The van der Waals surface area contributed by atoms with Crippen molar-refractivity contribution in [3.05, 3.63) is 59.2 Å². The Kier molecular flexibility index (Phi) is 6.47. The second-order valence-corrected chi connectivity index (χ2v) is 6.93. The molecule has 0 radical (unpaired) electrons. The molecule has 0 bridgehead atoms. The van der Waals surface area contributed by atoms with Gasteiger partial charge in [0, 0.05) is 49.9 Å². The molecule has 1 aromatic carbocycles. The Hall–Kier alpha value is -2.11. The monoisotopic (exact) mass is 372 g/mol. The van der Waals surface area contributed by atoms with E-state index in [4.69, 9.17) is 16.4 Å². The highest BCUT2D eigenvalue weighted by Crippen LogP contribution is 2.18. The molecule has 1 atom stereocenters. The molecule has 0 amide bonds. The molecule has 0 spiro atoms. The van der Waals surface area contributed by atoms with Crippen molar-refractivity contribution in [1.29, 1.82) is 0 Å². The van der Waals surface area contributed by atoms with Gasteiger partial charge in [-0.05, 0) is 36.8 Å². The Labute approximate surface area is 160 Å². The van der Waals surface area contributed by atoms with E-state index < -0.39 is 0 Å². The minimum absolute atomic E-state index is 0.458. The fourth-order valence-electron chi connectivity index (χ4n) is 3.32. The van der Waals surface area contributed by atoms with E-state index in [9.17, 15) is 0 Å². The summed E-state index contributed by atoms with van der Waals surface area (Å²) < 4.78 is 0. The molecule has 138 valence electrons. The number of benzene rings is 1. The van der Waals surface area contributed by atoms with Crippen LogP contribution in [0, 0.1) is 0 Å². The fourth-order valence-corrected chi connectivity index (χ4v) is 3.45. The first-order chi connectivity index (χ1) is 12.7.